The van der Waals surface area contributed by atoms with E-state index in [-0.39, 0.29) is 31.0 Å². The van der Waals surface area contributed by atoms with Crippen LogP contribution in [-0.2, 0) is 24.5 Å². The van der Waals surface area contributed by atoms with Crippen molar-refractivity contribution in [3.63, 3.8) is 0 Å². The molecule has 2 rings (SSSR count). The van der Waals surface area contributed by atoms with Crippen molar-refractivity contribution in [1.82, 2.24) is 10.6 Å². The number of rotatable bonds is 8. The number of nitrogens with zero attached hydrogens (tertiary/aromatic N) is 1. The second kappa shape index (κ2) is 11.8. The highest BCUT2D eigenvalue weighted by molar-refractivity contribution is 5.89. The molecular formula is C25H37N3O5. The van der Waals surface area contributed by atoms with E-state index in [9.17, 15) is 14.4 Å². The Morgan fingerprint density at radius 3 is 2.42 bits per heavy atom. The zero-order chi connectivity index (χ0) is 24.5. The van der Waals surface area contributed by atoms with Crippen LogP contribution in [0, 0.1) is 6.92 Å². The molecule has 8 heteroatoms. The lowest BCUT2D eigenvalue weighted by molar-refractivity contribution is -0.143. The van der Waals surface area contributed by atoms with E-state index in [0.29, 0.717) is 6.54 Å². The summed E-state index contributed by atoms with van der Waals surface area (Å²) in [5.41, 5.74) is 2.54. The molecule has 0 aromatic heterocycles. The van der Waals surface area contributed by atoms with Gasteiger partial charge in [0.25, 0.3) is 0 Å². The van der Waals surface area contributed by atoms with Gasteiger partial charge in [-0.25, -0.2) is 4.79 Å². The summed E-state index contributed by atoms with van der Waals surface area (Å²) >= 11 is 0. The highest BCUT2D eigenvalue weighted by Gasteiger charge is 2.36. The molecule has 1 aromatic rings. The molecule has 1 aliphatic carbocycles. The first-order valence-electron chi connectivity index (χ1n) is 11.5. The van der Waals surface area contributed by atoms with Crippen molar-refractivity contribution < 1.29 is 23.9 Å². The zero-order valence-corrected chi connectivity index (χ0v) is 20.5. The molecule has 0 radical (unpaired) electrons. The number of benzene rings is 1. The summed E-state index contributed by atoms with van der Waals surface area (Å²) in [7, 11) is 0. The Bertz CT molecular complexity index is 863. The summed E-state index contributed by atoms with van der Waals surface area (Å²) in [4.78, 5) is 40.1. The van der Waals surface area contributed by atoms with E-state index in [1.54, 1.807) is 6.92 Å². The minimum absolute atomic E-state index is 0.0116. The molecule has 0 heterocycles. The number of aryl methyl sites for hydroxylation is 1. The quantitative estimate of drug-likeness (QED) is 0.579. The number of nitrogens with one attached hydrogen (secondary N) is 2. The summed E-state index contributed by atoms with van der Waals surface area (Å²) in [6.45, 7) is 9.89. The van der Waals surface area contributed by atoms with Crippen LogP contribution in [0.25, 0.3) is 0 Å². The van der Waals surface area contributed by atoms with E-state index in [4.69, 9.17) is 9.47 Å². The predicted molar refractivity (Wildman–Crippen MR) is 128 cm³/mol. The third-order valence-corrected chi connectivity index (χ3v) is 5.57. The lowest BCUT2D eigenvalue weighted by Crippen LogP contribution is -2.45. The second-order valence-electron chi connectivity index (χ2n) is 9.47. The van der Waals surface area contributed by atoms with Gasteiger partial charge in [0.1, 0.15) is 18.7 Å². The number of hydrogen-bond acceptors (Lipinski definition) is 6. The number of ether oxygens (including phenoxy) is 2. The van der Waals surface area contributed by atoms with Gasteiger partial charge in [0, 0.05) is 17.7 Å². The van der Waals surface area contributed by atoms with Gasteiger partial charge in [-0.05, 0) is 65.9 Å². The maximum atomic E-state index is 12.3. The van der Waals surface area contributed by atoms with Gasteiger partial charge in [-0.15, -0.1) is 0 Å². The summed E-state index contributed by atoms with van der Waals surface area (Å²) in [6.07, 6.45) is 2.64. The number of amides is 2. The first-order valence-corrected chi connectivity index (χ1v) is 11.5. The van der Waals surface area contributed by atoms with E-state index in [0.717, 1.165) is 31.4 Å². The van der Waals surface area contributed by atoms with Gasteiger partial charge in [0.15, 0.2) is 0 Å². The summed E-state index contributed by atoms with van der Waals surface area (Å²) in [6, 6.07) is 8.37. The maximum absolute atomic E-state index is 12.3. The van der Waals surface area contributed by atoms with Crippen LogP contribution in [0.1, 0.15) is 64.5 Å². The maximum Gasteiger partial charge on any atom is 0.407 e. The monoisotopic (exact) mass is 459 g/mol. The van der Waals surface area contributed by atoms with E-state index >= 15 is 0 Å². The molecule has 1 fully saturated rings. The Balaban J connectivity index is 2.01. The number of carbonyl (C=O) groups is 3. The molecule has 0 bridgehead atoms. The summed E-state index contributed by atoms with van der Waals surface area (Å²) in [5, 5.41) is 5.49. The summed E-state index contributed by atoms with van der Waals surface area (Å²) < 4.78 is 10.2. The highest BCUT2D eigenvalue weighted by atomic mass is 16.6. The largest absolute Gasteiger partial charge is 0.465 e. The normalized spacial score (nSPS) is 18.3. The Kier molecular flexibility index (Phi) is 9.44. The summed E-state index contributed by atoms with van der Waals surface area (Å²) in [5.74, 6) is -0.769. The Morgan fingerprint density at radius 1 is 1.12 bits per heavy atom. The molecule has 33 heavy (non-hydrogen) atoms. The number of hydrogen-bond donors (Lipinski definition) is 2. The van der Waals surface area contributed by atoms with Crippen LogP contribution in [0.2, 0.25) is 0 Å². The lowest BCUT2D eigenvalue weighted by atomic mass is 9.68. The van der Waals surface area contributed by atoms with Gasteiger partial charge >= 0.3 is 12.1 Å². The molecule has 2 amide bonds. The molecule has 1 saturated carbocycles. The molecule has 0 spiro atoms. The van der Waals surface area contributed by atoms with Crippen molar-refractivity contribution in [2.45, 2.75) is 71.3 Å². The topological polar surface area (TPSA) is 106 Å². The first kappa shape index (κ1) is 26.4. The fourth-order valence-electron chi connectivity index (χ4n) is 3.90. The molecule has 0 unspecified atom stereocenters. The predicted octanol–water partition coefficient (Wildman–Crippen LogP) is 3.45. The van der Waals surface area contributed by atoms with Gasteiger partial charge in [0.2, 0.25) is 5.91 Å². The number of alkyl carbamates (subject to hydrolysis) is 1. The van der Waals surface area contributed by atoms with Crippen molar-refractivity contribution in [2.24, 2.45) is 4.99 Å². The Labute approximate surface area is 196 Å². The first-order chi connectivity index (χ1) is 15.5. The van der Waals surface area contributed by atoms with Crippen LogP contribution in [0.15, 0.2) is 29.3 Å². The lowest BCUT2D eigenvalue weighted by Gasteiger charge is -2.39. The van der Waals surface area contributed by atoms with Crippen LogP contribution >= 0.6 is 0 Å². The van der Waals surface area contributed by atoms with E-state index in [2.05, 4.69) is 40.7 Å². The van der Waals surface area contributed by atoms with Crippen molar-refractivity contribution in [1.29, 1.82) is 0 Å². The standard InChI is InChI=1S/C25H37N3O5/c1-6-32-22(30)16-27-21(29)15-26-20-10-12-25(13-11-20,19-9-7-8-18(2)14-19)17-28-23(31)33-24(3,4)5/h7-9,14H,6,10-13,15-17H2,1-5H3,(H,27,29)(H,28,31). The van der Waals surface area contributed by atoms with Crippen LogP contribution in [0.5, 0.6) is 0 Å². The van der Waals surface area contributed by atoms with Crippen molar-refractivity contribution in [3.05, 3.63) is 35.4 Å². The van der Waals surface area contributed by atoms with Gasteiger partial charge in [-0.1, -0.05) is 29.8 Å². The third-order valence-electron chi connectivity index (χ3n) is 5.57. The van der Waals surface area contributed by atoms with E-state index in [1.807, 2.05) is 26.8 Å². The zero-order valence-electron chi connectivity index (χ0n) is 20.5. The smallest absolute Gasteiger partial charge is 0.407 e. The molecular weight excluding hydrogens is 422 g/mol. The van der Waals surface area contributed by atoms with E-state index < -0.39 is 17.7 Å². The van der Waals surface area contributed by atoms with Crippen LogP contribution in [-0.4, -0.2) is 55.5 Å². The van der Waals surface area contributed by atoms with Crippen molar-refractivity contribution in [2.75, 3.05) is 26.2 Å². The molecule has 0 saturated heterocycles. The Morgan fingerprint density at radius 2 is 1.82 bits per heavy atom. The number of carbonyl (C=O) groups excluding carboxylic acids is 3. The average molecular weight is 460 g/mol. The average Bonchev–Trinajstić information content (AvgIpc) is 2.74. The van der Waals surface area contributed by atoms with Crippen LogP contribution < -0.4 is 10.6 Å². The van der Waals surface area contributed by atoms with E-state index in [1.165, 1.54) is 11.1 Å². The van der Waals surface area contributed by atoms with Gasteiger partial charge in [0.05, 0.1) is 6.61 Å². The Hall–Kier alpha value is -2.90. The molecule has 1 aliphatic rings. The molecule has 2 N–H and O–H groups in total. The fourth-order valence-corrected chi connectivity index (χ4v) is 3.90. The van der Waals surface area contributed by atoms with Crippen molar-refractivity contribution in [3.8, 4) is 0 Å². The molecule has 1 aromatic carbocycles. The fraction of sp³-hybridized carbons (Fsp3) is 0.600. The SMILES string of the molecule is CCOC(=O)CNC(=O)CN=C1CCC(CNC(=O)OC(C)(C)C)(c2cccc(C)c2)CC1. The number of esters is 1. The second-order valence-corrected chi connectivity index (χ2v) is 9.47. The van der Waals surface area contributed by atoms with Gasteiger partial charge in [-0.2, -0.15) is 0 Å². The third kappa shape index (κ3) is 8.86. The molecule has 8 nitrogen and oxygen atoms in total. The molecule has 182 valence electrons. The van der Waals surface area contributed by atoms with Crippen LogP contribution in [0.4, 0.5) is 4.79 Å². The van der Waals surface area contributed by atoms with Crippen LogP contribution in [0.3, 0.4) is 0 Å². The van der Waals surface area contributed by atoms with Gasteiger partial charge < -0.3 is 20.1 Å². The molecule has 0 aliphatic heterocycles. The minimum atomic E-state index is -0.555. The highest BCUT2D eigenvalue weighted by Crippen LogP contribution is 2.38. The minimum Gasteiger partial charge on any atom is -0.465 e. The van der Waals surface area contributed by atoms with Crippen molar-refractivity contribution >= 4 is 23.7 Å². The molecule has 0 atom stereocenters. The number of aliphatic imine (C=N–C) groups is 1. The van der Waals surface area contributed by atoms with Gasteiger partial charge in [-0.3, -0.25) is 14.6 Å².